The van der Waals surface area contributed by atoms with Crippen molar-refractivity contribution < 1.29 is 9.47 Å². The number of nitrogens with zero attached hydrogens (tertiary/aromatic N) is 3. The Balaban J connectivity index is 1.74. The fourth-order valence-electron chi connectivity index (χ4n) is 3.57. The molecule has 0 aliphatic carbocycles. The molecule has 0 amide bonds. The molecule has 3 rings (SSSR count). The van der Waals surface area contributed by atoms with E-state index < -0.39 is 0 Å². The summed E-state index contributed by atoms with van der Waals surface area (Å²) in [6.07, 6.45) is 5.71. The van der Waals surface area contributed by atoms with Gasteiger partial charge in [0.05, 0.1) is 18.5 Å². The second-order valence-corrected chi connectivity index (χ2v) is 7.28. The minimum atomic E-state index is -0.221. The number of allylic oxidation sites excluding steroid dienone is 1. The SMILES string of the molecule is C=C1CC(CCCn2c(=O)[nH]c3c(N)nc(O[C@@H](C)CCC)nc32)CCO1. The van der Waals surface area contributed by atoms with Crippen molar-refractivity contribution >= 4 is 17.0 Å². The van der Waals surface area contributed by atoms with Crippen LogP contribution in [0.25, 0.3) is 11.2 Å². The van der Waals surface area contributed by atoms with Crippen molar-refractivity contribution in [2.24, 2.45) is 5.92 Å². The van der Waals surface area contributed by atoms with Crippen molar-refractivity contribution in [1.82, 2.24) is 19.5 Å². The summed E-state index contributed by atoms with van der Waals surface area (Å²) < 4.78 is 12.8. The molecule has 0 radical (unpaired) electrons. The van der Waals surface area contributed by atoms with E-state index in [4.69, 9.17) is 15.2 Å². The summed E-state index contributed by atoms with van der Waals surface area (Å²) in [5, 5.41) is 0. The summed E-state index contributed by atoms with van der Waals surface area (Å²) in [5.74, 6) is 1.65. The van der Waals surface area contributed by atoms with Crippen molar-refractivity contribution in [3.63, 3.8) is 0 Å². The quantitative estimate of drug-likeness (QED) is 0.734. The van der Waals surface area contributed by atoms with Gasteiger partial charge < -0.3 is 20.2 Å². The molecule has 1 fully saturated rings. The highest BCUT2D eigenvalue weighted by Gasteiger charge is 2.18. The molecule has 8 heteroatoms. The molecule has 0 saturated carbocycles. The molecule has 148 valence electrons. The van der Waals surface area contributed by atoms with Crippen LogP contribution >= 0.6 is 0 Å². The number of imidazole rings is 1. The third kappa shape index (κ3) is 4.61. The van der Waals surface area contributed by atoms with Crippen LogP contribution in [-0.4, -0.2) is 32.2 Å². The van der Waals surface area contributed by atoms with Gasteiger partial charge in [-0.1, -0.05) is 19.9 Å². The van der Waals surface area contributed by atoms with E-state index >= 15 is 0 Å². The monoisotopic (exact) mass is 375 g/mol. The van der Waals surface area contributed by atoms with Crippen LogP contribution in [0.15, 0.2) is 17.1 Å². The van der Waals surface area contributed by atoms with Crippen LogP contribution in [0.5, 0.6) is 6.01 Å². The molecular weight excluding hydrogens is 346 g/mol. The Hall–Kier alpha value is -2.51. The fraction of sp³-hybridized carbons (Fsp3) is 0.632. The standard InChI is InChI=1S/C19H29N5O3/c1-4-6-12(2)27-18-22-16(20)15-17(23-18)24(19(25)21-15)9-5-7-14-8-10-26-13(3)11-14/h12,14H,3-11H2,1-2H3,(H,21,25)(H2,20,22,23)/t12-,14?/m0/s1. The molecule has 2 aromatic rings. The lowest BCUT2D eigenvalue weighted by Crippen LogP contribution is -2.19. The van der Waals surface area contributed by atoms with Gasteiger partial charge >= 0.3 is 11.7 Å². The molecule has 0 aromatic carbocycles. The number of nitrogens with two attached hydrogens (primary N) is 1. The minimum absolute atomic E-state index is 0.00687. The van der Waals surface area contributed by atoms with Gasteiger partial charge in [-0.3, -0.25) is 4.57 Å². The topological polar surface area (TPSA) is 108 Å². The molecular formula is C19H29N5O3. The predicted octanol–water partition coefficient (Wildman–Crippen LogP) is 2.99. The van der Waals surface area contributed by atoms with Crippen molar-refractivity contribution in [2.75, 3.05) is 12.3 Å². The summed E-state index contributed by atoms with van der Waals surface area (Å²) in [7, 11) is 0. The average molecular weight is 375 g/mol. The number of fused-ring (bicyclic) bond motifs is 1. The van der Waals surface area contributed by atoms with E-state index in [9.17, 15) is 4.79 Å². The van der Waals surface area contributed by atoms with Crippen molar-refractivity contribution in [3.8, 4) is 6.01 Å². The number of anilines is 1. The number of hydrogen-bond donors (Lipinski definition) is 2. The molecule has 2 atom stereocenters. The normalized spacial score (nSPS) is 18.4. The molecule has 0 spiro atoms. The van der Waals surface area contributed by atoms with Crippen molar-refractivity contribution in [1.29, 1.82) is 0 Å². The van der Waals surface area contributed by atoms with Gasteiger partial charge in [0.2, 0.25) is 0 Å². The van der Waals surface area contributed by atoms with Crippen LogP contribution in [0.4, 0.5) is 5.82 Å². The van der Waals surface area contributed by atoms with E-state index in [-0.39, 0.29) is 23.6 Å². The predicted molar refractivity (Wildman–Crippen MR) is 105 cm³/mol. The van der Waals surface area contributed by atoms with E-state index in [1.165, 1.54) is 0 Å². The highest BCUT2D eigenvalue weighted by Crippen LogP contribution is 2.26. The van der Waals surface area contributed by atoms with Gasteiger partial charge in [0, 0.05) is 13.0 Å². The maximum atomic E-state index is 12.4. The van der Waals surface area contributed by atoms with Crippen LogP contribution in [0.1, 0.15) is 52.4 Å². The lowest BCUT2D eigenvalue weighted by Gasteiger charge is -2.24. The molecule has 8 nitrogen and oxygen atoms in total. The minimum Gasteiger partial charge on any atom is -0.499 e. The Morgan fingerprint density at radius 3 is 3.04 bits per heavy atom. The highest BCUT2D eigenvalue weighted by molar-refractivity contribution is 5.81. The van der Waals surface area contributed by atoms with Crippen molar-refractivity contribution in [3.05, 3.63) is 22.8 Å². The lowest BCUT2D eigenvalue weighted by molar-refractivity contribution is 0.128. The zero-order chi connectivity index (χ0) is 19.4. The molecule has 1 saturated heterocycles. The molecule has 27 heavy (non-hydrogen) atoms. The number of H-pyrrole nitrogens is 1. The Labute approximate surface area is 158 Å². The van der Waals surface area contributed by atoms with Gasteiger partial charge in [-0.05, 0) is 38.5 Å². The first kappa shape index (κ1) is 19.3. The van der Waals surface area contributed by atoms with Crippen LogP contribution in [0, 0.1) is 5.92 Å². The molecule has 3 N–H and O–H groups in total. The van der Waals surface area contributed by atoms with E-state index in [2.05, 4.69) is 28.5 Å². The number of rotatable bonds is 8. The summed E-state index contributed by atoms with van der Waals surface area (Å²) >= 11 is 0. The highest BCUT2D eigenvalue weighted by atomic mass is 16.5. The Bertz CT molecular complexity index is 857. The van der Waals surface area contributed by atoms with E-state index in [1.54, 1.807) is 4.57 Å². The first-order valence-electron chi connectivity index (χ1n) is 9.71. The van der Waals surface area contributed by atoms with E-state index in [0.29, 0.717) is 23.6 Å². The van der Waals surface area contributed by atoms with Gasteiger partial charge in [-0.15, -0.1) is 0 Å². The second-order valence-electron chi connectivity index (χ2n) is 7.28. The smallest absolute Gasteiger partial charge is 0.327 e. The maximum absolute atomic E-state index is 12.4. The first-order chi connectivity index (χ1) is 13.0. The third-order valence-corrected chi connectivity index (χ3v) is 4.97. The number of aromatic nitrogens is 4. The van der Waals surface area contributed by atoms with Gasteiger partial charge in [-0.2, -0.15) is 9.97 Å². The van der Waals surface area contributed by atoms with Crippen molar-refractivity contribution in [2.45, 2.75) is 65.0 Å². The van der Waals surface area contributed by atoms with E-state index in [0.717, 1.165) is 50.9 Å². The van der Waals surface area contributed by atoms with Gasteiger partial charge in [0.25, 0.3) is 0 Å². The third-order valence-electron chi connectivity index (χ3n) is 4.97. The van der Waals surface area contributed by atoms with Crippen LogP contribution in [0.3, 0.4) is 0 Å². The Kier molecular flexibility index (Phi) is 6.03. The summed E-state index contributed by atoms with van der Waals surface area (Å²) in [6.45, 7) is 9.28. The molecule has 3 heterocycles. The average Bonchev–Trinajstić information content (AvgIpc) is 2.92. The van der Waals surface area contributed by atoms with Crippen LogP contribution < -0.4 is 16.2 Å². The summed E-state index contributed by atoms with van der Waals surface area (Å²) in [5.41, 5.74) is 6.76. The first-order valence-corrected chi connectivity index (χ1v) is 9.71. The Morgan fingerprint density at radius 2 is 2.30 bits per heavy atom. The molecule has 1 aliphatic heterocycles. The number of ether oxygens (including phenoxy) is 2. The summed E-state index contributed by atoms with van der Waals surface area (Å²) in [6, 6.07) is 0.217. The zero-order valence-corrected chi connectivity index (χ0v) is 16.2. The molecule has 1 aliphatic rings. The number of nitrogen functional groups attached to an aromatic ring is 1. The van der Waals surface area contributed by atoms with E-state index in [1.807, 2.05) is 6.92 Å². The lowest BCUT2D eigenvalue weighted by atomic mass is 9.94. The number of aryl methyl sites for hydroxylation is 1. The molecule has 0 bridgehead atoms. The maximum Gasteiger partial charge on any atom is 0.327 e. The number of hydrogen-bond acceptors (Lipinski definition) is 6. The largest absolute Gasteiger partial charge is 0.499 e. The van der Waals surface area contributed by atoms with Crippen LogP contribution in [-0.2, 0) is 11.3 Å². The summed E-state index contributed by atoms with van der Waals surface area (Å²) in [4.78, 5) is 23.8. The van der Waals surface area contributed by atoms with Gasteiger partial charge in [0.1, 0.15) is 5.52 Å². The van der Waals surface area contributed by atoms with Gasteiger partial charge in [-0.25, -0.2) is 4.79 Å². The number of aromatic amines is 1. The van der Waals surface area contributed by atoms with Crippen LogP contribution in [0.2, 0.25) is 0 Å². The molecule has 1 unspecified atom stereocenters. The van der Waals surface area contributed by atoms with Gasteiger partial charge in [0.15, 0.2) is 11.5 Å². The molecule has 2 aromatic heterocycles. The fourth-order valence-corrected chi connectivity index (χ4v) is 3.57. The number of nitrogens with one attached hydrogen (secondary N) is 1. The zero-order valence-electron chi connectivity index (χ0n) is 16.2. The second kappa shape index (κ2) is 8.45. The Morgan fingerprint density at radius 1 is 1.48 bits per heavy atom.